The number of carbonyl (C=O) groups excluding carboxylic acids is 2. The normalized spacial score (nSPS) is 22.2. The first kappa shape index (κ1) is 18.3. The number of amides is 2. The zero-order valence-electron chi connectivity index (χ0n) is 14.9. The van der Waals surface area contributed by atoms with Crippen molar-refractivity contribution in [2.75, 3.05) is 5.32 Å². The van der Waals surface area contributed by atoms with Gasteiger partial charge >= 0.3 is 0 Å². The van der Waals surface area contributed by atoms with Crippen LogP contribution in [-0.2, 0) is 9.59 Å². The van der Waals surface area contributed by atoms with Crippen molar-refractivity contribution >= 4 is 17.5 Å². The average molecular weight is 387 g/mol. The van der Waals surface area contributed by atoms with Crippen LogP contribution in [0.1, 0.15) is 37.3 Å². The largest absolute Gasteiger partial charge is 0.505 e. The van der Waals surface area contributed by atoms with Crippen LogP contribution in [0.25, 0.3) is 0 Å². The minimum Gasteiger partial charge on any atom is -0.505 e. The molecular weight excluding hydrogens is 368 g/mol. The summed E-state index contributed by atoms with van der Waals surface area (Å²) >= 11 is 0. The Morgan fingerprint density at radius 1 is 1.11 bits per heavy atom. The van der Waals surface area contributed by atoms with Crippen molar-refractivity contribution in [2.45, 2.75) is 37.8 Å². The van der Waals surface area contributed by atoms with Gasteiger partial charge in [0, 0.05) is 24.9 Å². The third-order valence-electron chi connectivity index (χ3n) is 5.28. The van der Waals surface area contributed by atoms with Crippen molar-refractivity contribution in [3.63, 3.8) is 0 Å². The number of anilines is 1. The number of hydrogen-bond donors (Lipinski definition) is 2. The Hall–Kier alpha value is -3.03. The Morgan fingerprint density at radius 3 is 2.50 bits per heavy atom. The van der Waals surface area contributed by atoms with Gasteiger partial charge in [-0.15, -0.1) is 0 Å². The SMILES string of the molecule is O=C(Nc1ccc(O)c(F)c1F)[C@H]1CCC(=O)N(C2CC2)[C@@H]1c1ccncc1. The topological polar surface area (TPSA) is 82.5 Å². The monoisotopic (exact) mass is 387 g/mol. The molecule has 28 heavy (non-hydrogen) atoms. The van der Waals surface area contributed by atoms with Crippen molar-refractivity contribution in [3.05, 3.63) is 53.9 Å². The van der Waals surface area contributed by atoms with Crippen LogP contribution >= 0.6 is 0 Å². The fraction of sp³-hybridized carbons (Fsp3) is 0.350. The lowest BCUT2D eigenvalue weighted by Crippen LogP contribution is -2.47. The number of hydrogen-bond acceptors (Lipinski definition) is 4. The van der Waals surface area contributed by atoms with Crippen LogP contribution in [0.2, 0.25) is 0 Å². The first-order valence-corrected chi connectivity index (χ1v) is 9.16. The zero-order chi connectivity index (χ0) is 19.8. The fourth-order valence-electron chi connectivity index (χ4n) is 3.79. The molecule has 2 atom stereocenters. The summed E-state index contributed by atoms with van der Waals surface area (Å²) in [6, 6.07) is 5.24. The molecule has 2 N–H and O–H groups in total. The van der Waals surface area contributed by atoms with Crippen molar-refractivity contribution < 1.29 is 23.5 Å². The Morgan fingerprint density at radius 2 is 1.82 bits per heavy atom. The highest BCUT2D eigenvalue weighted by molar-refractivity contribution is 5.95. The number of nitrogens with zero attached hydrogens (tertiary/aromatic N) is 2. The Kier molecular flexibility index (Phi) is 4.70. The quantitative estimate of drug-likeness (QED) is 0.790. The molecule has 1 aromatic heterocycles. The van der Waals surface area contributed by atoms with Crippen LogP contribution < -0.4 is 5.32 Å². The second-order valence-electron chi connectivity index (χ2n) is 7.15. The van der Waals surface area contributed by atoms with Gasteiger partial charge in [-0.05, 0) is 49.1 Å². The highest BCUT2D eigenvalue weighted by atomic mass is 19.2. The maximum absolute atomic E-state index is 14.1. The molecule has 6 nitrogen and oxygen atoms in total. The molecule has 0 unspecified atom stereocenters. The lowest BCUT2D eigenvalue weighted by Gasteiger charge is -2.41. The summed E-state index contributed by atoms with van der Waals surface area (Å²) in [5.41, 5.74) is 0.441. The summed E-state index contributed by atoms with van der Waals surface area (Å²) < 4.78 is 27.7. The van der Waals surface area contributed by atoms with E-state index < -0.39 is 35.3 Å². The predicted octanol–water partition coefficient (Wildman–Crippen LogP) is 3.15. The third kappa shape index (κ3) is 3.30. The minimum absolute atomic E-state index is 0.00443. The summed E-state index contributed by atoms with van der Waals surface area (Å²) in [5.74, 6) is -4.67. The molecular formula is C20H19F2N3O3. The molecule has 1 aliphatic heterocycles. The number of carbonyl (C=O) groups is 2. The van der Waals surface area contributed by atoms with Gasteiger partial charge in [0.1, 0.15) is 0 Å². The average Bonchev–Trinajstić information content (AvgIpc) is 3.53. The molecule has 2 fully saturated rings. The first-order chi connectivity index (χ1) is 13.5. The molecule has 1 saturated heterocycles. The highest BCUT2D eigenvalue weighted by Crippen LogP contribution is 2.43. The number of likely N-dealkylation sites (tertiary alicyclic amines) is 1. The number of aromatic hydroxyl groups is 1. The molecule has 2 aromatic rings. The van der Waals surface area contributed by atoms with E-state index in [1.165, 1.54) is 0 Å². The van der Waals surface area contributed by atoms with Crippen LogP contribution in [0, 0.1) is 17.6 Å². The number of nitrogens with one attached hydrogen (secondary N) is 1. The second-order valence-corrected chi connectivity index (χ2v) is 7.15. The van der Waals surface area contributed by atoms with E-state index in [4.69, 9.17) is 0 Å². The number of piperidine rings is 1. The molecule has 2 amide bonds. The van der Waals surface area contributed by atoms with Gasteiger partial charge in [-0.2, -0.15) is 4.39 Å². The molecule has 4 rings (SSSR count). The van der Waals surface area contributed by atoms with Crippen molar-refractivity contribution in [2.24, 2.45) is 5.92 Å². The van der Waals surface area contributed by atoms with Gasteiger partial charge in [0.15, 0.2) is 11.6 Å². The van der Waals surface area contributed by atoms with E-state index in [2.05, 4.69) is 10.3 Å². The number of aromatic nitrogens is 1. The van der Waals surface area contributed by atoms with E-state index in [9.17, 15) is 23.5 Å². The van der Waals surface area contributed by atoms with Crippen LogP contribution in [0.5, 0.6) is 5.75 Å². The number of phenols is 1. The Labute approximate surface area is 160 Å². The summed E-state index contributed by atoms with van der Waals surface area (Å²) in [4.78, 5) is 31.3. The number of pyridine rings is 1. The van der Waals surface area contributed by atoms with E-state index in [0.717, 1.165) is 30.5 Å². The molecule has 2 heterocycles. The lowest BCUT2D eigenvalue weighted by molar-refractivity contribution is -0.142. The van der Waals surface area contributed by atoms with Gasteiger partial charge in [0.2, 0.25) is 17.6 Å². The summed E-state index contributed by atoms with van der Waals surface area (Å²) in [7, 11) is 0. The standard InChI is InChI=1S/C20H19F2N3O3/c21-17-14(4-5-15(26)18(17)22)24-20(28)13-3-6-16(27)25(12-1-2-12)19(13)11-7-9-23-10-8-11/h4-5,7-10,12-13,19,26H,1-3,6H2,(H,24,28)/t13-,19+/m0/s1. The zero-order valence-corrected chi connectivity index (χ0v) is 14.9. The summed E-state index contributed by atoms with van der Waals surface area (Å²) in [5, 5.41) is 11.7. The number of phenolic OH excluding ortho intramolecular Hbond substituents is 1. The van der Waals surface area contributed by atoms with Crippen LogP contribution in [0.4, 0.5) is 14.5 Å². The van der Waals surface area contributed by atoms with E-state index in [1.54, 1.807) is 29.4 Å². The van der Waals surface area contributed by atoms with E-state index in [-0.39, 0.29) is 24.1 Å². The van der Waals surface area contributed by atoms with Gasteiger partial charge in [-0.3, -0.25) is 14.6 Å². The highest BCUT2D eigenvalue weighted by Gasteiger charge is 2.46. The first-order valence-electron chi connectivity index (χ1n) is 9.16. The maximum atomic E-state index is 14.1. The smallest absolute Gasteiger partial charge is 0.230 e. The van der Waals surface area contributed by atoms with Gasteiger partial charge in [0.25, 0.3) is 0 Å². The number of halogens is 2. The van der Waals surface area contributed by atoms with Gasteiger partial charge in [-0.1, -0.05) is 0 Å². The molecule has 0 bridgehead atoms. The number of benzene rings is 1. The maximum Gasteiger partial charge on any atom is 0.230 e. The van der Waals surface area contributed by atoms with Gasteiger partial charge in [-0.25, -0.2) is 4.39 Å². The predicted molar refractivity (Wildman–Crippen MR) is 96.2 cm³/mol. The molecule has 146 valence electrons. The van der Waals surface area contributed by atoms with E-state index >= 15 is 0 Å². The Balaban J connectivity index is 1.65. The van der Waals surface area contributed by atoms with Gasteiger partial charge in [0.05, 0.1) is 17.6 Å². The van der Waals surface area contributed by atoms with Crippen molar-refractivity contribution in [3.8, 4) is 5.75 Å². The second kappa shape index (κ2) is 7.18. The molecule has 0 spiro atoms. The lowest BCUT2D eigenvalue weighted by atomic mass is 9.83. The molecule has 1 aromatic carbocycles. The molecule has 8 heteroatoms. The van der Waals surface area contributed by atoms with E-state index in [0.29, 0.717) is 6.42 Å². The summed E-state index contributed by atoms with van der Waals surface area (Å²) in [6.07, 6.45) is 5.51. The third-order valence-corrected chi connectivity index (χ3v) is 5.28. The van der Waals surface area contributed by atoms with Crippen molar-refractivity contribution in [1.29, 1.82) is 0 Å². The van der Waals surface area contributed by atoms with Crippen LogP contribution in [-0.4, -0.2) is 32.8 Å². The molecule has 2 aliphatic rings. The molecule has 1 aliphatic carbocycles. The van der Waals surface area contributed by atoms with E-state index in [1.807, 2.05) is 0 Å². The summed E-state index contributed by atoms with van der Waals surface area (Å²) in [6.45, 7) is 0. The molecule has 1 saturated carbocycles. The van der Waals surface area contributed by atoms with Gasteiger partial charge < -0.3 is 15.3 Å². The van der Waals surface area contributed by atoms with Crippen LogP contribution in [0.15, 0.2) is 36.7 Å². The van der Waals surface area contributed by atoms with Crippen LogP contribution in [0.3, 0.4) is 0 Å². The number of rotatable bonds is 4. The van der Waals surface area contributed by atoms with Crippen molar-refractivity contribution in [1.82, 2.24) is 9.88 Å². The Bertz CT molecular complexity index is 918. The minimum atomic E-state index is -1.41. The molecule has 0 radical (unpaired) electrons. The fourth-order valence-corrected chi connectivity index (χ4v) is 3.79.